The Balaban J connectivity index is 1.79. The molecule has 5 heteroatoms. The van der Waals surface area contributed by atoms with E-state index >= 15 is 0 Å². The molecular formula is C17H19N3O2. The van der Waals surface area contributed by atoms with Gasteiger partial charge in [0.25, 0.3) is 5.91 Å². The van der Waals surface area contributed by atoms with Gasteiger partial charge in [-0.15, -0.1) is 0 Å². The highest BCUT2D eigenvalue weighted by Gasteiger charge is 2.39. The molecule has 1 N–H and O–H groups in total. The zero-order chi connectivity index (χ0) is 15.3. The quantitative estimate of drug-likeness (QED) is 0.877. The summed E-state index contributed by atoms with van der Waals surface area (Å²) in [6.07, 6.45) is 0. The normalized spacial score (nSPS) is 23.3. The summed E-state index contributed by atoms with van der Waals surface area (Å²) < 4.78 is 5.17. The van der Waals surface area contributed by atoms with Crippen molar-refractivity contribution in [3.05, 3.63) is 46.8 Å². The Labute approximate surface area is 129 Å². The Kier molecular flexibility index (Phi) is 3.04. The maximum atomic E-state index is 13.1. The Hall–Kier alpha value is -2.14. The summed E-state index contributed by atoms with van der Waals surface area (Å²) in [4.78, 5) is 15.0. The number of hydrogen-bond donors (Lipinski definition) is 1. The first-order valence-corrected chi connectivity index (χ1v) is 7.71. The van der Waals surface area contributed by atoms with Crippen LogP contribution in [0.3, 0.4) is 0 Å². The molecule has 0 bridgehead atoms. The van der Waals surface area contributed by atoms with E-state index in [-0.39, 0.29) is 5.91 Å². The van der Waals surface area contributed by atoms with Gasteiger partial charge in [0.05, 0.1) is 5.69 Å². The molecule has 4 rings (SSSR count). The monoisotopic (exact) mass is 297 g/mol. The molecule has 0 spiro atoms. The zero-order valence-electron chi connectivity index (χ0n) is 12.8. The Morgan fingerprint density at radius 1 is 1.32 bits per heavy atom. The molecule has 0 radical (unpaired) electrons. The van der Waals surface area contributed by atoms with Gasteiger partial charge in [0.2, 0.25) is 0 Å². The summed E-state index contributed by atoms with van der Waals surface area (Å²) in [7, 11) is 0. The van der Waals surface area contributed by atoms with Crippen LogP contribution in [0.4, 0.5) is 5.69 Å². The van der Waals surface area contributed by atoms with Gasteiger partial charge in [-0.05, 0) is 31.4 Å². The molecular weight excluding hydrogens is 278 g/mol. The van der Waals surface area contributed by atoms with Crippen molar-refractivity contribution in [1.29, 1.82) is 0 Å². The molecule has 2 atom stereocenters. The Bertz CT molecular complexity index is 718. The van der Waals surface area contributed by atoms with Crippen molar-refractivity contribution in [2.45, 2.75) is 19.8 Å². The average Bonchev–Trinajstić information content (AvgIpc) is 3.12. The van der Waals surface area contributed by atoms with Gasteiger partial charge in [0, 0.05) is 31.2 Å². The van der Waals surface area contributed by atoms with E-state index in [0.717, 1.165) is 25.3 Å². The van der Waals surface area contributed by atoms with E-state index in [4.69, 9.17) is 4.52 Å². The first-order chi connectivity index (χ1) is 10.7. The van der Waals surface area contributed by atoms with E-state index in [1.165, 1.54) is 5.56 Å². The van der Waals surface area contributed by atoms with Gasteiger partial charge in [0.1, 0.15) is 11.3 Å². The Morgan fingerprint density at radius 2 is 2.14 bits per heavy atom. The van der Waals surface area contributed by atoms with E-state index in [1.807, 2.05) is 24.0 Å². The number of para-hydroxylation sites is 1. The van der Waals surface area contributed by atoms with Crippen LogP contribution in [0.25, 0.3) is 0 Å². The third kappa shape index (κ3) is 1.89. The molecule has 114 valence electrons. The summed E-state index contributed by atoms with van der Waals surface area (Å²) in [5, 5.41) is 7.37. The topological polar surface area (TPSA) is 58.4 Å². The van der Waals surface area contributed by atoms with Gasteiger partial charge in [-0.2, -0.15) is 0 Å². The lowest BCUT2D eigenvalue weighted by Crippen LogP contribution is -2.42. The molecule has 3 heterocycles. The Morgan fingerprint density at radius 3 is 2.91 bits per heavy atom. The predicted octanol–water partition coefficient (Wildman–Crippen LogP) is 2.25. The van der Waals surface area contributed by atoms with Crippen LogP contribution in [0, 0.1) is 19.8 Å². The number of nitrogens with one attached hydrogen (secondary N) is 1. The minimum Gasteiger partial charge on any atom is -0.361 e. The van der Waals surface area contributed by atoms with Crippen LogP contribution < -0.4 is 10.2 Å². The van der Waals surface area contributed by atoms with Crippen molar-refractivity contribution in [2.24, 2.45) is 5.92 Å². The van der Waals surface area contributed by atoms with Crippen LogP contribution in [-0.2, 0) is 0 Å². The van der Waals surface area contributed by atoms with E-state index in [2.05, 4.69) is 22.6 Å². The van der Waals surface area contributed by atoms with Gasteiger partial charge < -0.3 is 14.7 Å². The number of rotatable bonds is 1. The third-order valence-electron chi connectivity index (χ3n) is 4.88. The standard InChI is InChI=1S/C17H19N3O2/c1-10-16(11(2)22-19-10)17(21)20-9-12-7-18-8-14(12)13-5-3-4-6-15(13)20/h3-6,12,14,18H,7-9H2,1-2H3. The highest BCUT2D eigenvalue weighted by molar-refractivity contribution is 6.08. The number of aromatic nitrogens is 1. The van der Waals surface area contributed by atoms with Crippen molar-refractivity contribution < 1.29 is 9.32 Å². The molecule has 22 heavy (non-hydrogen) atoms. The number of hydrogen-bond acceptors (Lipinski definition) is 4. The average molecular weight is 297 g/mol. The number of nitrogens with zero attached hydrogens (tertiary/aromatic N) is 2. The molecule has 1 amide bonds. The fourth-order valence-electron chi connectivity index (χ4n) is 3.78. The lowest BCUT2D eigenvalue weighted by Gasteiger charge is -2.36. The minimum absolute atomic E-state index is 0.00551. The molecule has 1 aromatic heterocycles. The predicted molar refractivity (Wildman–Crippen MR) is 83.2 cm³/mol. The summed E-state index contributed by atoms with van der Waals surface area (Å²) in [6, 6.07) is 8.24. The van der Waals surface area contributed by atoms with Crippen LogP contribution in [0.15, 0.2) is 28.8 Å². The summed E-state index contributed by atoms with van der Waals surface area (Å²) in [5.74, 6) is 1.56. The van der Waals surface area contributed by atoms with Crippen molar-refractivity contribution in [3.63, 3.8) is 0 Å². The molecule has 0 saturated carbocycles. The number of carbonyl (C=O) groups excluding carboxylic acids is 1. The first-order valence-electron chi connectivity index (χ1n) is 7.71. The summed E-state index contributed by atoms with van der Waals surface area (Å²) in [6.45, 7) is 6.32. The van der Waals surface area contributed by atoms with Crippen LogP contribution >= 0.6 is 0 Å². The van der Waals surface area contributed by atoms with Crippen molar-refractivity contribution in [3.8, 4) is 0 Å². The number of aryl methyl sites for hydroxylation is 2. The summed E-state index contributed by atoms with van der Waals surface area (Å²) >= 11 is 0. The molecule has 2 unspecified atom stereocenters. The number of anilines is 1. The van der Waals surface area contributed by atoms with Gasteiger partial charge in [-0.3, -0.25) is 4.79 Å². The maximum absolute atomic E-state index is 13.1. The van der Waals surface area contributed by atoms with Gasteiger partial charge in [0.15, 0.2) is 0 Å². The lowest BCUT2D eigenvalue weighted by molar-refractivity contribution is 0.0978. The highest BCUT2D eigenvalue weighted by Crippen LogP contribution is 2.41. The van der Waals surface area contributed by atoms with Gasteiger partial charge in [-0.1, -0.05) is 23.4 Å². The minimum atomic E-state index is -0.00551. The highest BCUT2D eigenvalue weighted by atomic mass is 16.5. The zero-order valence-corrected chi connectivity index (χ0v) is 12.8. The SMILES string of the molecule is Cc1noc(C)c1C(=O)N1CC2CNCC2c2ccccc21. The van der Waals surface area contributed by atoms with Crippen molar-refractivity contribution in [1.82, 2.24) is 10.5 Å². The van der Waals surface area contributed by atoms with E-state index in [9.17, 15) is 4.79 Å². The van der Waals surface area contributed by atoms with Crippen LogP contribution in [0.1, 0.15) is 33.3 Å². The molecule has 1 saturated heterocycles. The van der Waals surface area contributed by atoms with E-state index in [0.29, 0.717) is 28.9 Å². The number of fused-ring (bicyclic) bond motifs is 3. The van der Waals surface area contributed by atoms with Crippen LogP contribution in [0.5, 0.6) is 0 Å². The second-order valence-corrected chi connectivity index (χ2v) is 6.20. The first kappa shape index (κ1) is 13.5. The maximum Gasteiger partial charge on any atom is 0.263 e. The van der Waals surface area contributed by atoms with Crippen LogP contribution in [0.2, 0.25) is 0 Å². The molecule has 0 aliphatic carbocycles. The van der Waals surface area contributed by atoms with Crippen molar-refractivity contribution in [2.75, 3.05) is 24.5 Å². The van der Waals surface area contributed by atoms with E-state index < -0.39 is 0 Å². The molecule has 2 aliphatic heterocycles. The largest absolute Gasteiger partial charge is 0.361 e. The fourth-order valence-corrected chi connectivity index (χ4v) is 3.78. The second kappa shape index (κ2) is 4.95. The molecule has 2 aromatic rings. The summed E-state index contributed by atoms with van der Waals surface area (Å²) in [5.41, 5.74) is 3.55. The number of amides is 1. The fraction of sp³-hybridized carbons (Fsp3) is 0.412. The van der Waals surface area contributed by atoms with E-state index in [1.54, 1.807) is 6.92 Å². The molecule has 1 fully saturated rings. The second-order valence-electron chi connectivity index (χ2n) is 6.20. The number of benzene rings is 1. The molecule has 1 aromatic carbocycles. The third-order valence-corrected chi connectivity index (χ3v) is 4.88. The van der Waals surface area contributed by atoms with Crippen LogP contribution in [-0.4, -0.2) is 30.7 Å². The number of carbonyl (C=O) groups is 1. The van der Waals surface area contributed by atoms with Crippen molar-refractivity contribution >= 4 is 11.6 Å². The smallest absolute Gasteiger partial charge is 0.263 e. The van der Waals surface area contributed by atoms with Gasteiger partial charge in [-0.25, -0.2) is 0 Å². The molecule has 2 aliphatic rings. The molecule has 5 nitrogen and oxygen atoms in total. The lowest BCUT2D eigenvalue weighted by atomic mass is 9.83. The van der Waals surface area contributed by atoms with Gasteiger partial charge >= 0.3 is 0 Å².